The number of hydrogen-bond acceptors (Lipinski definition) is 6. The maximum absolute atomic E-state index is 14.3. The number of aliphatic hydroxyl groups excluding tert-OH is 1. The highest BCUT2D eigenvalue weighted by Gasteiger charge is 2.65. The van der Waals surface area contributed by atoms with Gasteiger partial charge in [-0.2, -0.15) is 5.10 Å². The molecule has 0 aliphatic carbocycles. The Morgan fingerprint density at radius 1 is 1.05 bits per heavy atom. The number of carbonyl (C=O) groups excluding carboxylic acids is 2. The smallest absolute Gasteiger partial charge is 0.264 e. The van der Waals surface area contributed by atoms with Gasteiger partial charge in [-0.3, -0.25) is 9.59 Å². The average Bonchev–Trinajstić information content (AvgIpc) is 3.44. The molecular formula is C34H39N3O5Si. The molecule has 3 aliphatic rings. The third-order valence-corrected chi connectivity index (χ3v) is 14.1. The van der Waals surface area contributed by atoms with Crippen LogP contribution in [0.3, 0.4) is 0 Å². The summed E-state index contributed by atoms with van der Waals surface area (Å²) in [5.74, 6) is 0.415. The lowest BCUT2D eigenvalue weighted by Crippen LogP contribution is -2.51. The van der Waals surface area contributed by atoms with Crippen molar-refractivity contribution in [2.24, 2.45) is 11.0 Å². The number of rotatable bonds is 7. The number of nitrogens with zero attached hydrogens (tertiary/aromatic N) is 3. The van der Waals surface area contributed by atoms with Crippen molar-refractivity contribution in [1.29, 1.82) is 0 Å². The van der Waals surface area contributed by atoms with Crippen LogP contribution in [0.4, 0.5) is 11.4 Å². The highest BCUT2D eigenvalue weighted by molar-refractivity contribution is 6.91. The lowest BCUT2D eigenvalue weighted by molar-refractivity contribution is -0.145. The molecule has 0 unspecified atom stereocenters. The van der Waals surface area contributed by atoms with E-state index in [1.807, 2.05) is 60.7 Å². The Labute approximate surface area is 253 Å². The fourth-order valence-corrected chi connectivity index (χ4v) is 11.6. The van der Waals surface area contributed by atoms with E-state index in [1.165, 1.54) is 10.2 Å². The lowest BCUT2D eigenvalue weighted by Gasteiger charge is -2.37. The van der Waals surface area contributed by atoms with Crippen LogP contribution in [0, 0.1) is 5.92 Å². The molecule has 3 heterocycles. The van der Waals surface area contributed by atoms with Crippen molar-refractivity contribution >= 4 is 42.2 Å². The molecule has 0 radical (unpaired) electrons. The zero-order chi connectivity index (χ0) is 30.5. The lowest BCUT2D eigenvalue weighted by atomic mass is 9.82. The minimum Gasteiger partial charge on any atom is -0.497 e. The van der Waals surface area contributed by atoms with Crippen LogP contribution in [0.1, 0.15) is 37.3 Å². The summed E-state index contributed by atoms with van der Waals surface area (Å²) in [4.78, 5) is 29.1. The van der Waals surface area contributed by atoms with Crippen molar-refractivity contribution in [2.75, 3.05) is 30.7 Å². The zero-order valence-electron chi connectivity index (χ0n) is 25.4. The van der Waals surface area contributed by atoms with Crippen LogP contribution in [-0.2, 0) is 19.9 Å². The second kappa shape index (κ2) is 11.0. The topological polar surface area (TPSA) is 91.7 Å². The van der Waals surface area contributed by atoms with Gasteiger partial charge in [-0.1, -0.05) is 67.7 Å². The highest BCUT2D eigenvalue weighted by Crippen LogP contribution is 2.60. The fourth-order valence-electron chi connectivity index (χ4n) is 7.53. The zero-order valence-corrected chi connectivity index (χ0v) is 26.4. The summed E-state index contributed by atoms with van der Waals surface area (Å²) in [6.07, 6.45) is 1.05. The number of fused-ring (bicyclic) bond motifs is 2. The van der Waals surface area contributed by atoms with Gasteiger partial charge < -0.3 is 19.5 Å². The number of ether oxygens (including phenoxy) is 2. The van der Waals surface area contributed by atoms with Gasteiger partial charge in [-0.05, 0) is 47.9 Å². The van der Waals surface area contributed by atoms with Gasteiger partial charge in [0.2, 0.25) is 5.91 Å². The van der Waals surface area contributed by atoms with Crippen molar-refractivity contribution in [3.63, 3.8) is 0 Å². The van der Waals surface area contributed by atoms with Gasteiger partial charge in [0.15, 0.2) is 5.60 Å². The minimum atomic E-state index is -2.26. The predicted molar refractivity (Wildman–Crippen MR) is 171 cm³/mol. The average molecular weight is 598 g/mol. The second-order valence-corrected chi connectivity index (χ2v) is 17.0. The molecule has 9 heteroatoms. The van der Waals surface area contributed by atoms with Crippen LogP contribution in [0.5, 0.6) is 5.75 Å². The molecule has 2 amide bonds. The number of hydrazone groups is 1. The fraction of sp³-hybridized carbons (Fsp3) is 0.382. The number of hydrogen-bond donors (Lipinski definition) is 1. The van der Waals surface area contributed by atoms with E-state index in [4.69, 9.17) is 14.6 Å². The van der Waals surface area contributed by atoms with Crippen LogP contribution in [0.2, 0.25) is 18.6 Å². The maximum atomic E-state index is 14.3. The van der Waals surface area contributed by atoms with Crippen LogP contribution in [0.25, 0.3) is 0 Å². The second-order valence-electron chi connectivity index (χ2n) is 12.4. The van der Waals surface area contributed by atoms with E-state index >= 15 is 0 Å². The first kappa shape index (κ1) is 29.3. The summed E-state index contributed by atoms with van der Waals surface area (Å²) in [6.45, 7) is 6.71. The molecule has 43 heavy (non-hydrogen) atoms. The van der Waals surface area contributed by atoms with Gasteiger partial charge in [0.05, 0.1) is 38.4 Å². The van der Waals surface area contributed by atoms with Crippen molar-refractivity contribution in [2.45, 2.75) is 56.5 Å². The summed E-state index contributed by atoms with van der Waals surface area (Å²) in [5, 5.41) is 17.6. The quantitative estimate of drug-likeness (QED) is 0.395. The third kappa shape index (κ3) is 4.61. The molecule has 1 fully saturated rings. The third-order valence-electron chi connectivity index (χ3n) is 9.75. The van der Waals surface area contributed by atoms with E-state index in [-0.39, 0.29) is 36.0 Å². The molecule has 0 aromatic heterocycles. The molecule has 3 aromatic rings. The molecule has 224 valence electrons. The molecule has 0 bridgehead atoms. The Bertz CT molecular complexity index is 1570. The molecule has 3 aliphatic heterocycles. The molecular weight excluding hydrogens is 558 g/mol. The Morgan fingerprint density at radius 3 is 2.44 bits per heavy atom. The number of benzene rings is 3. The summed E-state index contributed by atoms with van der Waals surface area (Å²) < 4.78 is 12.3. The number of methoxy groups -OCH3 is 1. The maximum Gasteiger partial charge on any atom is 0.264 e. The molecule has 1 saturated heterocycles. The Morgan fingerprint density at radius 2 is 1.77 bits per heavy atom. The highest BCUT2D eigenvalue weighted by atomic mass is 28.3. The summed E-state index contributed by atoms with van der Waals surface area (Å²) in [5.41, 5.74) is 2.79. The SMILES string of the molecule is COc1ccc([Si](C)(C)[C@H]2[C@H](CCO)O[C@@]3(C(=O)N(C)c4ccc(N5N=C(c6ccccc6)CCC5=O)cc43)[C@@H]2C)cc1. The van der Waals surface area contributed by atoms with Crippen LogP contribution in [-0.4, -0.2) is 57.6 Å². The molecule has 1 N–H and O–H groups in total. The molecule has 6 rings (SSSR count). The normalized spacial score (nSPS) is 25.3. The number of likely N-dealkylation sites (N-methyl/N-ethyl adjacent to an activating group) is 1. The van der Waals surface area contributed by atoms with E-state index in [0.29, 0.717) is 24.9 Å². The predicted octanol–water partition coefficient (Wildman–Crippen LogP) is 4.80. The van der Waals surface area contributed by atoms with Crippen LogP contribution >= 0.6 is 0 Å². The van der Waals surface area contributed by atoms with E-state index in [1.54, 1.807) is 19.1 Å². The van der Waals surface area contributed by atoms with Gasteiger partial charge >= 0.3 is 0 Å². The van der Waals surface area contributed by atoms with Gasteiger partial charge in [0.25, 0.3) is 5.91 Å². The molecule has 1 spiro atoms. The van der Waals surface area contributed by atoms with Crippen molar-refractivity contribution < 1.29 is 24.2 Å². The molecule has 0 saturated carbocycles. The van der Waals surface area contributed by atoms with Crippen molar-refractivity contribution in [3.05, 3.63) is 83.9 Å². The first-order valence-corrected chi connectivity index (χ1v) is 18.0. The standard InChI is InChI=1S/C34H39N3O5Si/c1-22-32(43(4,5)26-14-12-25(41-3)13-15-26)30(19-20-38)42-34(22)27-21-24(11-17-29(27)36(2)33(34)40)37-31(39)18-16-28(35-37)23-9-7-6-8-10-23/h6-15,17,21-22,30,32,38H,16,18-20H2,1-5H3/t22-,30+,32-,34+/m1/s1. The van der Waals surface area contributed by atoms with E-state index in [2.05, 4.69) is 32.2 Å². The largest absolute Gasteiger partial charge is 0.497 e. The van der Waals surface area contributed by atoms with Crippen LogP contribution < -0.4 is 19.8 Å². The summed E-state index contributed by atoms with van der Waals surface area (Å²) >= 11 is 0. The van der Waals surface area contributed by atoms with E-state index < -0.39 is 13.7 Å². The van der Waals surface area contributed by atoms with Gasteiger partial charge in [0, 0.05) is 38.0 Å². The first-order valence-electron chi connectivity index (χ1n) is 14.9. The van der Waals surface area contributed by atoms with Crippen LogP contribution in [0.15, 0.2) is 77.9 Å². The van der Waals surface area contributed by atoms with Crippen molar-refractivity contribution in [1.82, 2.24) is 0 Å². The Hall–Kier alpha value is -3.79. The Kier molecular flexibility index (Phi) is 7.52. The first-order chi connectivity index (χ1) is 20.6. The summed E-state index contributed by atoms with van der Waals surface area (Å²) in [7, 11) is 1.17. The Balaban J connectivity index is 1.44. The molecule has 4 atom stereocenters. The number of amides is 2. The van der Waals surface area contributed by atoms with E-state index in [0.717, 1.165) is 28.3 Å². The minimum absolute atomic E-state index is 0.0345. The van der Waals surface area contributed by atoms with Gasteiger partial charge in [-0.15, -0.1) is 0 Å². The summed E-state index contributed by atoms with van der Waals surface area (Å²) in [6, 6.07) is 23.8. The van der Waals surface area contributed by atoms with E-state index in [9.17, 15) is 14.7 Å². The van der Waals surface area contributed by atoms with Gasteiger partial charge in [0.1, 0.15) is 5.75 Å². The number of anilines is 2. The molecule has 8 nitrogen and oxygen atoms in total. The number of aliphatic hydroxyl groups is 1. The monoisotopic (exact) mass is 597 g/mol. The number of carbonyl (C=O) groups is 2. The van der Waals surface area contributed by atoms with Gasteiger partial charge in [-0.25, -0.2) is 5.01 Å². The van der Waals surface area contributed by atoms with Crippen molar-refractivity contribution in [3.8, 4) is 5.75 Å². The molecule has 3 aromatic carbocycles.